The number of carbonyl (C=O) groups excluding carboxylic acids is 2. The van der Waals surface area contributed by atoms with Crippen LogP contribution in [0.15, 0.2) is 24.3 Å². The van der Waals surface area contributed by atoms with Crippen LogP contribution in [-0.2, 0) is 14.3 Å². The molecule has 0 radical (unpaired) electrons. The lowest BCUT2D eigenvalue weighted by Crippen LogP contribution is -2.59. The summed E-state index contributed by atoms with van der Waals surface area (Å²) in [4.78, 5) is 24.1. The fourth-order valence-electron chi connectivity index (χ4n) is 4.93. The zero-order valence-electron chi connectivity index (χ0n) is 13.3. The maximum atomic E-state index is 12.6. The van der Waals surface area contributed by atoms with Gasteiger partial charge in [-0.3, -0.25) is 9.59 Å². The first-order chi connectivity index (χ1) is 10.3. The minimum absolute atomic E-state index is 0.0670. The lowest BCUT2D eigenvalue weighted by atomic mass is 9.43. The van der Waals surface area contributed by atoms with Gasteiger partial charge in [0, 0.05) is 17.3 Å². The van der Waals surface area contributed by atoms with Gasteiger partial charge in [0.2, 0.25) is 0 Å². The van der Waals surface area contributed by atoms with Gasteiger partial charge in [-0.1, -0.05) is 25.2 Å². The van der Waals surface area contributed by atoms with Crippen LogP contribution in [-0.4, -0.2) is 30.1 Å². The van der Waals surface area contributed by atoms with Crippen molar-refractivity contribution in [3.05, 3.63) is 24.3 Å². The summed E-state index contributed by atoms with van der Waals surface area (Å²) in [6.07, 6.45) is 6.19. The SMILES string of the molecule is C=C1C[C@@]23C=CC(=O)[C@@](C)(CCC(=O)OC)C2C[C@@H]1C[C@H]3O. The van der Waals surface area contributed by atoms with Crippen molar-refractivity contribution in [2.24, 2.45) is 22.7 Å². The molecule has 0 heterocycles. The van der Waals surface area contributed by atoms with E-state index in [0.717, 1.165) is 19.3 Å². The average Bonchev–Trinajstić information content (AvgIpc) is 2.50. The average molecular weight is 304 g/mol. The van der Waals surface area contributed by atoms with Gasteiger partial charge < -0.3 is 9.84 Å². The van der Waals surface area contributed by atoms with Crippen molar-refractivity contribution in [1.82, 2.24) is 0 Å². The van der Waals surface area contributed by atoms with Crippen LogP contribution in [0.2, 0.25) is 0 Å². The van der Waals surface area contributed by atoms with E-state index in [1.54, 1.807) is 6.08 Å². The molecule has 3 fully saturated rings. The van der Waals surface area contributed by atoms with E-state index < -0.39 is 11.5 Å². The lowest BCUT2D eigenvalue weighted by molar-refractivity contribution is -0.151. The highest BCUT2D eigenvalue weighted by Crippen LogP contribution is 2.64. The van der Waals surface area contributed by atoms with Gasteiger partial charge in [0.1, 0.15) is 0 Å². The fraction of sp³-hybridized carbons (Fsp3) is 0.667. The summed E-state index contributed by atoms with van der Waals surface area (Å²) < 4.78 is 4.72. The summed E-state index contributed by atoms with van der Waals surface area (Å²) >= 11 is 0. The number of fused-ring (bicyclic) bond motifs is 2. The van der Waals surface area contributed by atoms with Gasteiger partial charge in [-0.05, 0) is 43.6 Å². The van der Waals surface area contributed by atoms with Crippen molar-refractivity contribution in [1.29, 1.82) is 0 Å². The van der Waals surface area contributed by atoms with E-state index in [-0.39, 0.29) is 29.5 Å². The lowest BCUT2D eigenvalue weighted by Gasteiger charge is -2.61. The first kappa shape index (κ1) is 15.5. The molecule has 5 atom stereocenters. The highest BCUT2D eigenvalue weighted by molar-refractivity contribution is 5.96. The summed E-state index contributed by atoms with van der Waals surface area (Å²) in [5.41, 5.74) is 0.198. The Morgan fingerprint density at radius 2 is 2.23 bits per heavy atom. The summed E-state index contributed by atoms with van der Waals surface area (Å²) in [7, 11) is 1.37. The van der Waals surface area contributed by atoms with E-state index in [9.17, 15) is 14.7 Å². The Kier molecular flexibility index (Phi) is 3.55. The molecule has 0 aliphatic heterocycles. The van der Waals surface area contributed by atoms with Gasteiger partial charge in [0.25, 0.3) is 0 Å². The molecule has 4 aliphatic rings. The monoisotopic (exact) mass is 304 g/mol. The van der Waals surface area contributed by atoms with Crippen LogP contribution in [0.25, 0.3) is 0 Å². The number of allylic oxidation sites excluding steroid dienone is 2. The van der Waals surface area contributed by atoms with Crippen molar-refractivity contribution < 1.29 is 19.4 Å². The zero-order valence-corrected chi connectivity index (χ0v) is 13.3. The molecule has 1 spiro atoms. The number of ketones is 1. The second-order valence-electron chi connectivity index (χ2n) is 7.38. The van der Waals surface area contributed by atoms with E-state index in [1.165, 1.54) is 12.7 Å². The number of methoxy groups -OCH3 is 1. The second kappa shape index (κ2) is 5.05. The summed E-state index contributed by atoms with van der Waals surface area (Å²) in [5, 5.41) is 10.6. The number of ether oxygens (including phenoxy) is 1. The van der Waals surface area contributed by atoms with Crippen LogP contribution in [0.3, 0.4) is 0 Å². The van der Waals surface area contributed by atoms with Crippen LogP contribution in [0, 0.1) is 22.7 Å². The summed E-state index contributed by atoms with van der Waals surface area (Å²) in [6.45, 7) is 6.12. The van der Waals surface area contributed by atoms with Crippen LogP contribution in [0.1, 0.15) is 39.0 Å². The topological polar surface area (TPSA) is 63.6 Å². The highest BCUT2D eigenvalue weighted by Gasteiger charge is 2.61. The largest absolute Gasteiger partial charge is 0.469 e. The maximum absolute atomic E-state index is 12.6. The Balaban J connectivity index is 1.96. The molecule has 4 rings (SSSR count). The zero-order chi connectivity index (χ0) is 16.1. The quantitative estimate of drug-likeness (QED) is 0.642. The molecule has 3 saturated carbocycles. The fourth-order valence-corrected chi connectivity index (χ4v) is 4.93. The van der Waals surface area contributed by atoms with Crippen molar-refractivity contribution in [2.75, 3.05) is 7.11 Å². The minimum Gasteiger partial charge on any atom is -0.469 e. The number of aliphatic hydroxyl groups is 1. The molecule has 4 nitrogen and oxygen atoms in total. The molecule has 4 heteroatoms. The Labute approximate surface area is 131 Å². The summed E-state index contributed by atoms with van der Waals surface area (Å²) in [5.74, 6) is 0.140. The first-order valence-corrected chi connectivity index (χ1v) is 7.99. The number of hydrogen-bond donors (Lipinski definition) is 1. The molecule has 0 aromatic heterocycles. The Morgan fingerprint density at radius 1 is 1.50 bits per heavy atom. The number of carbonyl (C=O) groups is 2. The normalized spacial score (nSPS) is 43.1. The molecule has 0 aromatic rings. The van der Waals surface area contributed by atoms with Crippen molar-refractivity contribution in [3.8, 4) is 0 Å². The molecule has 0 amide bonds. The van der Waals surface area contributed by atoms with E-state index in [4.69, 9.17) is 4.74 Å². The van der Waals surface area contributed by atoms with Gasteiger partial charge >= 0.3 is 5.97 Å². The van der Waals surface area contributed by atoms with Crippen LogP contribution in [0.4, 0.5) is 0 Å². The van der Waals surface area contributed by atoms with Crippen LogP contribution < -0.4 is 0 Å². The van der Waals surface area contributed by atoms with Crippen molar-refractivity contribution in [3.63, 3.8) is 0 Å². The van der Waals surface area contributed by atoms with E-state index >= 15 is 0 Å². The molecular weight excluding hydrogens is 280 g/mol. The molecule has 0 saturated heterocycles. The molecule has 0 aromatic carbocycles. The predicted molar refractivity (Wildman–Crippen MR) is 81.9 cm³/mol. The molecular formula is C18H24O4. The Morgan fingerprint density at radius 3 is 2.91 bits per heavy atom. The Hall–Kier alpha value is -1.42. The number of rotatable bonds is 3. The van der Waals surface area contributed by atoms with Crippen LogP contribution >= 0.6 is 0 Å². The third-order valence-electron chi connectivity index (χ3n) is 6.36. The molecule has 2 bridgehead atoms. The van der Waals surface area contributed by atoms with E-state index in [2.05, 4.69) is 6.58 Å². The number of aliphatic hydroxyl groups excluding tert-OH is 1. The minimum atomic E-state index is -0.608. The third kappa shape index (κ3) is 2.00. The molecule has 120 valence electrons. The van der Waals surface area contributed by atoms with E-state index in [1.807, 2.05) is 13.0 Å². The second-order valence-corrected chi connectivity index (χ2v) is 7.38. The van der Waals surface area contributed by atoms with Gasteiger partial charge in [0.05, 0.1) is 13.2 Å². The van der Waals surface area contributed by atoms with Crippen molar-refractivity contribution >= 4 is 11.8 Å². The smallest absolute Gasteiger partial charge is 0.305 e. The van der Waals surface area contributed by atoms with Gasteiger partial charge in [-0.15, -0.1) is 0 Å². The van der Waals surface area contributed by atoms with Gasteiger partial charge in [0.15, 0.2) is 5.78 Å². The Bertz CT molecular complexity index is 563. The molecule has 1 unspecified atom stereocenters. The molecule has 1 N–H and O–H groups in total. The first-order valence-electron chi connectivity index (χ1n) is 7.99. The molecule has 22 heavy (non-hydrogen) atoms. The third-order valence-corrected chi connectivity index (χ3v) is 6.36. The number of hydrogen-bond acceptors (Lipinski definition) is 4. The highest BCUT2D eigenvalue weighted by atomic mass is 16.5. The maximum Gasteiger partial charge on any atom is 0.305 e. The number of esters is 1. The van der Waals surface area contributed by atoms with Gasteiger partial charge in [-0.25, -0.2) is 0 Å². The predicted octanol–water partition coefficient (Wildman–Crippen LogP) is 2.42. The van der Waals surface area contributed by atoms with Crippen LogP contribution in [0.5, 0.6) is 0 Å². The standard InChI is InChI=1S/C18H24O4/c1-11-10-18-7-4-14(19)17(2,6-5-16(21)22-3)13(18)8-12(11)9-15(18)20/h4,7,12-13,15,20H,1,5-6,8-10H2,2-3H3/t12-,13?,15-,17+,18+/m1/s1. The molecule has 4 aliphatic carbocycles. The van der Waals surface area contributed by atoms with E-state index in [0.29, 0.717) is 12.3 Å². The van der Waals surface area contributed by atoms with Crippen molar-refractivity contribution in [2.45, 2.75) is 45.1 Å². The van der Waals surface area contributed by atoms with Gasteiger partial charge in [-0.2, -0.15) is 0 Å². The summed E-state index contributed by atoms with van der Waals surface area (Å²) in [6, 6.07) is 0.